The highest BCUT2D eigenvalue weighted by molar-refractivity contribution is 7.99. The highest BCUT2D eigenvalue weighted by Gasteiger charge is 2.17. The molecule has 0 atom stereocenters. The highest BCUT2D eigenvalue weighted by atomic mass is 32.2. The van der Waals surface area contributed by atoms with Crippen LogP contribution in [-0.2, 0) is 19.5 Å². The standard InChI is InChI=1S/C12H16N6S/c13-8-9-11(15-6-5-14-9)19-12-17-16-10-4-2-1-3-7-18(10)12/h5-6H,1-4,7-8,13H2. The van der Waals surface area contributed by atoms with Gasteiger partial charge in [0.05, 0.1) is 5.69 Å². The quantitative estimate of drug-likeness (QED) is 0.912. The molecule has 2 aromatic rings. The fourth-order valence-electron chi connectivity index (χ4n) is 2.20. The van der Waals surface area contributed by atoms with Gasteiger partial charge in [-0.3, -0.25) is 4.98 Å². The van der Waals surface area contributed by atoms with E-state index in [9.17, 15) is 0 Å². The minimum atomic E-state index is 0.386. The van der Waals surface area contributed by atoms with Gasteiger partial charge >= 0.3 is 0 Å². The first kappa shape index (κ1) is 12.6. The largest absolute Gasteiger partial charge is 0.325 e. The lowest BCUT2D eigenvalue weighted by atomic mass is 10.2. The van der Waals surface area contributed by atoms with Gasteiger partial charge in [-0.05, 0) is 24.6 Å². The maximum atomic E-state index is 5.68. The second-order valence-corrected chi connectivity index (χ2v) is 5.43. The van der Waals surface area contributed by atoms with Crippen molar-refractivity contribution in [2.24, 2.45) is 5.73 Å². The summed E-state index contributed by atoms with van der Waals surface area (Å²) in [5.74, 6) is 1.08. The van der Waals surface area contributed by atoms with Crippen molar-refractivity contribution in [1.82, 2.24) is 24.7 Å². The molecule has 2 N–H and O–H groups in total. The molecule has 0 aromatic carbocycles. The first-order chi connectivity index (χ1) is 9.38. The van der Waals surface area contributed by atoms with E-state index < -0.39 is 0 Å². The monoisotopic (exact) mass is 276 g/mol. The van der Waals surface area contributed by atoms with Crippen LogP contribution in [0.5, 0.6) is 0 Å². The molecule has 0 aliphatic carbocycles. The molecule has 0 bridgehead atoms. The zero-order chi connectivity index (χ0) is 13.1. The molecule has 2 aromatic heterocycles. The van der Waals surface area contributed by atoms with Crippen LogP contribution in [-0.4, -0.2) is 24.7 Å². The topological polar surface area (TPSA) is 82.5 Å². The van der Waals surface area contributed by atoms with Crippen LogP contribution in [0.2, 0.25) is 0 Å². The van der Waals surface area contributed by atoms with Gasteiger partial charge in [0.1, 0.15) is 10.9 Å². The number of aryl methyl sites for hydroxylation is 1. The van der Waals surface area contributed by atoms with E-state index in [-0.39, 0.29) is 0 Å². The van der Waals surface area contributed by atoms with Crippen LogP contribution in [0.3, 0.4) is 0 Å². The maximum absolute atomic E-state index is 5.68. The first-order valence-corrected chi connectivity index (χ1v) is 7.30. The Morgan fingerprint density at radius 2 is 2.05 bits per heavy atom. The summed E-state index contributed by atoms with van der Waals surface area (Å²) in [7, 11) is 0. The molecule has 3 heterocycles. The Balaban J connectivity index is 1.89. The molecular formula is C12H16N6S. The van der Waals surface area contributed by atoms with E-state index >= 15 is 0 Å². The molecule has 0 amide bonds. The first-order valence-electron chi connectivity index (χ1n) is 6.48. The van der Waals surface area contributed by atoms with Crippen molar-refractivity contribution in [1.29, 1.82) is 0 Å². The zero-order valence-corrected chi connectivity index (χ0v) is 11.4. The Morgan fingerprint density at radius 1 is 1.16 bits per heavy atom. The lowest BCUT2D eigenvalue weighted by Crippen LogP contribution is -2.05. The summed E-state index contributed by atoms with van der Waals surface area (Å²) < 4.78 is 2.20. The van der Waals surface area contributed by atoms with E-state index in [0.717, 1.165) is 34.7 Å². The van der Waals surface area contributed by atoms with Crippen molar-refractivity contribution in [3.05, 3.63) is 23.9 Å². The summed E-state index contributed by atoms with van der Waals surface area (Å²) >= 11 is 1.51. The van der Waals surface area contributed by atoms with E-state index in [4.69, 9.17) is 5.73 Å². The van der Waals surface area contributed by atoms with E-state index in [1.54, 1.807) is 12.4 Å². The van der Waals surface area contributed by atoms with Crippen molar-refractivity contribution in [2.75, 3.05) is 0 Å². The lowest BCUT2D eigenvalue weighted by Gasteiger charge is -2.07. The number of hydrogen-bond acceptors (Lipinski definition) is 6. The zero-order valence-electron chi connectivity index (χ0n) is 10.6. The normalized spacial score (nSPS) is 15.0. The van der Waals surface area contributed by atoms with Crippen LogP contribution < -0.4 is 5.73 Å². The number of aromatic nitrogens is 5. The molecule has 6 nitrogen and oxygen atoms in total. The lowest BCUT2D eigenvalue weighted by molar-refractivity contribution is 0.590. The van der Waals surface area contributed by atoms with Gasteiger partial charge in [0.2, 0.25) is 0 Å². The van der Waals surface area contributed by atoms with E-state index in [0.29, 0.717) is 6.54 Å². The van der Waals surface area contributed by atoms with Crippen LogP contribution in [0.25, 0.3) is 0 Å². The Hall–Kier alpha value is -1.47. The molecule has 0 radical (unpaired) electrons. The second kappa shape index (κ2) is 5.66. The fraction of sp³-hybridized carbons (Fsp3) is 0.500. The smallest absolute Gasteiger partial charge is 0.197 e. The number of hydrogen-bond donors (Lipinski definition) is 1. The van der Waals surface area contributed by atoms with Gasteiger partial charge in [0, 0.05) is 31.9 Å². The molecule has 1 aliphatic rings. The minimum Gasteiger partial charge on any atom is -0.325 e. The van der Waals surface area contributed by atoms with Crippen LogP contribution in [0.15, 0.2) is 22.6 Å². The number of rotatable bonds is 3. The summed E-state index contributed by atoms with van der Waals surface area (Å²) in [6.07, 6.45) is 7.99. The summed E-state index contributed by atoms with van der Waals surface area (Å²) in [6.45, 7) is 1.38. The molecule has 0 spiro atoms. The number of fused-ring (bicyclic) bond motifs is 1. The molecule has 0 fully saturated rings. The molecule has 100 valence electrons. The van der Waals surface area contributed by atoms with Crippen molar-refractivity contribution < 1.29 is 0 Å². The molecular weight excluding hydrogens is 260 g/mol. The fourth-order valence-corrected chi connectivity index (χ4v) is 3.13. The summed E-state index contributed by atoms with van der Waals surface area (Å²) in [5.41, 5.74) is 6.49. The van der Waals surface area contributed by atoms with Gasteiger partial charge in [-0.2, -0.15) is 0 Å². The third-order valence-corrected chi connectivity index (χ3v) is 4.21. The predicted molar refractivity (Wildman–Crippen MR) is 71.6 cm³/mol. The maximum Gasteiger partial charge on any atom is 0.197 e. The van der Waals surface area contributed by atoms with E-state index in [1.165, 1.54) is 31.0 Å². The van der Waals surface area contributed by atoms with Crippen LogP contribution in [0.1, 0.15) is 30.8 Å². The third-order valence-electron chi connectivity index (χ3n) is 3.19. The SMILES string of the molecule is NCc1nccnc1Sc1nnc2n1CCCCC2. The molecule has 1 aliphatic heterocycles. The predicted octanol–water partition coefficient (Wildman–Crippen LogP) is 1.40. The summed E-state index contributed by atoms with van der Waals surface area (Å²) in [6, 6.07) is 0. The Kier molecular flexibility index (Phi) is 3.74. The van der Waals surface area contributed by atoms with Crippen LogP contribution in [0, 0.1) is 0 Å². The molecule has 7 heteroatoms. The van der Waals surface area contributed by atoms with Crippen molar-refractivity contribution in [3.8, 4) is 0 Å². The summed E-state index contributed by atoms with van der Waals surface area (Å²) in [5, 5.41) is 10.3. The van der Waals surface area contributed by atoms with Gasteiger partial charge in [-0.15, -0.1) is 10.2 Å². The molecule has 19 heavy (non-hydrogen) atoms. The van der Waals surface area contributed by atoms with Gasteiger partial charge in [-0.1, -0.05) is 6.42 Å². The van der Waals surface area contributed by atoms with Crippen molar-refractivity contribution in [2.45, 2.75) is 49.0 Å². The molecule has 0 unspecified atom stereocenters. The summed E-state index contributed by atoms with van der Waals surface area (Å²) in [4.78, 5) is 8.58. The average molecular weight is 276 g/mol. The Morgan fingerprint density at radius 3 is 2.95 bits per heavy atom. The number of nitrogens with two attached hydrogens (primary N) is 1. The van der Waals surface area contributed by atoms with Crippen molar-refractivity contribution >= 4 is 11.8 Å². The Labute approximate surface area is 115 Å². The minimum absolute atomic E-state index is 0.386. The van der Waals surface area contributed by atoms with Gasteiger partial charge in [-0.25, -0.2) is 4.98 Å². The van der Waals surface area contributed by atoms with Gasteiger partial charge in [0.15, 0.2) is 5.16 Å². The van der Waals surface area contributed by atoms with Crippen molar-refractivity contribution in [3.63, 3.8) is 0 Å². The molecule has 0 saturated carbocycles. The Bertz CT molecular complexity index is 567. The highest BCUT2D eigenvalue weighted by Crippen LogP contribution is 2.28. The van der Waals surface area contributed by atoms with Gasteiger partial charge < -0.3 is 10.3 Å². The average Bonchev–Trinajstić information content (AvgIpc) is 2.68. The van der Waals surface area contributed by atoms with Gasteiger partial charge in [0.25, 0.3) is 0 Å². The van der Waals surface area contributed by atoms with Crippen LogP contribution >= 0.6 is 11.8 Å². The van der Waals surface area contributed by atoms with E-state index in [1.807, 2.05) is 0 Å². The molecule has 0 saturated heterocycles. The third kappa shape index (κ3) is 2.62. The molecule has 3 rings (SSSR count). The second-order valence-electron chi connectivity index (χ2n) is 4.48. The van der Waals surface area contributed by atoms with Crippen LogP contribution in [0.4, 0.5) is 0 Å². The number of nitrogens with zero attached hydrogens (tertiary/aromatic N) is 5. The van der Waals surface area contributed by atoms with E-state index in [2.05, 4.69) is 24.7 Å².